The third-order valence-corrected chi connectivity index (χ3v) is 7.57. The van der Waals surface area contributed by atoms with Crippen molar-refractivity contribution in [1.29, 1.82) is 0 Å². The zero-order chi connectivity index (χ0) is 26.4. The molecule has 0 aromatic rings. The first-order chi connectivity index (χ1) is 17.3. The molecule has 0 amide bonds. The number of Topliss-reactive ketones (excluding diaryl/α,β-unsaturated/α-hetero) is 1. The van der Waals surface area contributed by atoms with Crippen molar-refractivity contribution in [2.45, 2.75) is 117 Å². The summed E-state index contributed by atoms with van der Waals surface area (Å²) < 4.78 is 23.1. The summed E-state index contributed by atoms with van der Waals surface area (Å²) in [5.41, 5.74) is 0.201. The number of hydrogen-bond acceptors (Lipinski definition) is 6. The van der Waals surface area contributed by atoms with Gasteiger partial charge in [0.25, 0.3) is 0 Å². The van der Waals surface area contributed by atoms with E-state index in [1.807, 2.05) is 0 Å². The van der Waals surface area contributed by atoms with Crippen molar-refractivity contribution >= 4 is 11.8 Å². The van der Waals surface area contributed by atoms with Crippen LogP contribution in [0.2, 0.25) is 0 Å². The Kier molecular flexibility index (Phi) is 13.8. The van der Waals surface area contributed by atoms with Crippen LogP contribution in [0.4, 0.5) is 0 Å². The van der Waals surface area contributed by atoms with Crippen molar-refractivity contribution in [3.05, 3.63) is 24.0 Å². The Morgan fingerprint density at radius 3 is 2.58 bits per heavy atom. The Morgan fingerprint density at radius 1 is 1.17 bits per heavy atom. The van der Waals surface area contributed by atoms with Gasteiger partial charge in [-0.2, -0.15) is 0 Å². The van der Waals surface area contributed by atoms with E-state index in [1.54, 1.807) is 7.11 Å². The Labute approximate surface area is 219 Å². The number of unbranched alkanes of at least 4 members (excludes halogenated alkanes) is 1. The van der Waals surface area contributed by atoms with Crippen molar-refractivity contribution in [2.24, 2.45) is 17.3 Å². The van der Waals surface area contributed by atoms with Gasteiger partial charge in [-0.05, 0) is 69.3 Å². The summed E-state index contributed by atoms with van der Waals surface area (Å²) in [4.78, 5) is 24.5. The van der Waals surface area contributed by atoms with E-state index >= 15 is 0 Å². The van der Waals surface area contributed by atoms with Gasteiger partial charge >= 0.3 is 5.97 Å². The summed E-state index contributed by atoms with van der Waals surface area (Å²) in [6, 6.07) is 0. The Bertz CT molecular complexity index is 719. The Balaban J connectivity index is 2.00. The van der Waals surface area contributed by atoms with Gasteiger partial charge < -0.3 is 18.9 Å². The van der Waals surface area contributed by atoms with Crippen LogP contribution in [-0.2, 0) is 28.5 Å². The normalized spacial score (nSPS) is 23.1. The fourth-order valence-electron chi connectivity index (χ4n) is 5.19. The minimum absolute atomic E-state index is 0.188. The van der Waals surface area contributed by atoms with Gasteiger partial charge in [0.15, 0.2) is 6.29 Å². The van der Waals surface area contributed by atoms with E-state index in [4.69, 9.17) is 18.9 Å². The lowest BCUT2D eigenvalue weighted by Crippen LogP contribution is -2.27. The lowest BCUT2D eigenvalue weighted by molar-refractivity contribution is -0.150. The zero-order valence-corrected chi connectivity index (χ0v) is 23.4. The third-order valence-electron chi connectivity index (χ3n) is 7.57. The molecule has 6 heteroatoms. The first kappa shape index (κ1) is 30.6. The standard InChI is InChI=1S/C30H50O6/c1-6-7-20-30(2,3)21-19-27(36-28-18-11-12-22-35-28)26(33-4)17-10-8-9-14-24(29(32)34-5)23-15-13-16-25(23)31/h8,10,19,23-24,26,28H,6-7,9,11-18,20-22H2,1-5H3/b10-8-,27-19+/t23-,24+,26?,28?/m1/s1. The SMILES string of the molecule is CCCCC(C)(C)C/C=C(/OC1CCCCO1)C(C/C=C\CC[C@H](C(=O)OC)[C@H]1CCCC1=O)OC. The molecule has 2 fully saturated rings. The molecule has 0 spiro atoms. The van der Waals surface area contributed by atoms with E-state index in [-0.39, 0.29) is 41.4 Å². The number of rotatable bonds is 16. The maximum Gasteiger partial charge on any atom is 0.309 e. The molecule has 1 saturated heterocycles. The molecule has 1 aliphatic heterocycles. The van der Waals surface area contributed by atoms with Gasteiger partial charge in [0.1, 0.15) is 17.6 Å². The molecule has 36 heavy (non-hydrogen) atoms. The first-order valence-electron chi connectivity index (χ1n) is 14.1. The minimum Gasteiger partial charge on any atom is -0.469 e. The second-order valence-corrected chi connectivity index (χ2v) is 11.1. The van der Waals surface area contributed by atoms with Gasteiger partial charge in [0.2, 0.25) is 0 Å². The van der Waals surface area contributed by atoms with Gasteiger partial charge in [0.05, 0.1) is 19.6 Å². The van der Waals surface area contributed by atoms with Crippen LogP contribution in [0.1, 0.15) is 104 Å². The van der Waals surface area contributed by atoms with Crippen LogP contribution >= 0.6 is 0 Å². The minimum atomic E-state index is -0.347. The van der Waals surface area contributed by atoms with Crippen molar-refractivity contribution < 1.29 is 28.5 Å². The average Bonchev–Trinajstić information content (AvgIpc) is 3.30. The molecule has 2 unspecified atom stereocenters. The summed E-state index contributed by atoms with van der Waals surface area (Å²) in [6.45, 7) is 7.58. The fraction of sp³-hybridized carbons (Fsp3) is 0.800. The van der Waals surface area contributed by atoms with E-state index in [0.29, 0.717) is 19.3 Å². The molecular formula is C30H50O6. The molecule has 4 atom stereocenters. The molecule has 206 valence electrons. The highest BCUT2D eigenvalue weighted by molar-refractivity contribution is 5.88. The second-order valence-electron chi connectivity index (χ2n) is 11.1. The number of methoxy groups -OCH3 is 2. The summed E-state index contributed by atoms with van der Waals surface area (Å²) >= 11 is 0. The number of esters is 1. The molecule has 2 rings (SSSR count). The fourth-order valence-corrected chi connectivity index (χ4v) is 5.19. The molecule has 0 aromatic heterocycles. The van der Waals surface area contributed by atoms with Crippen LogP contribution in [0.3, 0.4) is 0 Å². The maximum atomic E-state index is 12.3. The summed E-state index contributed by atoms with van der Waals surface area (Å²) in [5, 5.41) is 0. The zero-order valence-electron chi connectivity index (χ0n) is 23.4. The number of carbonyl (C=O) groups excluding carboxylic acids is 2. The number of hydrogen-bond donors (Lipinski definition) is 0. The van der Waals surface area contributed by atoms with Gasteiger partial charge in [-0.25, -0.2) is 0 Å². The van der Waals surface area contributed by atoms with E-state index in [9.17, 15) is 9.59 Å². The van der Waals surface area contributed by atoms with Gasteiger partial charge in [-0.1, -0.05) is 45.8 Å². The highest BCUT2D eigenvalue weighted by atomic mass is 16.7. The molecule has 0 radical (unpaired) electrons. The van der Waals surface area contributed by atoms with E-state index < -0.39 is 0 Å². The summed E-state index contributed by atoms with van der Waals surface area (Å²) in [5.74, 6) is 0.248. The largest absolute Gasteiger partial charge is 0.469 e. The molecule has 1 saturated carbocycles. The molecule has 1 heterocycles. The molecular weight excluding hydrogens is 456 g/mol. The Hall–Kier alpha value is -1.66. The summed E-state index contributed by atoms with van der Waals surface area (Å²) in [6.07, 6.45) is 17.9. The second kappa shape index (κ2) is 16.2. The van der Waals surface area contributed by atoms with Crippen molar-refractivity contribution in [3.8, 4) is 0 Å². The number of ketones is 1. The van der Waals surface area contributed by atoms with Gasteiger partial charge in [-0.15, -0.1) is 0 Å². The molecule has 6 nitrogen and oxygen atoms in total. The molecule has 2 aliphatic rings. The maximum absolute atomic E-state index is 12.3. The Morgan fingerprint density at radius 2 is 1.97 bits per heavy atom. The smallest absolute Gasteiger partial charge is 0.309 e. The van der Waals surface area contributed by atoms with E-state index in [0.717, 1.165) is 57.3 Å². The highest BCUT2D eigenvalue weighted by Crippen LogP contribution is 2.33. The predicted molar refractivity (Wildman–Crippen MR) is 142 cm³/mol. The van der Waals surface area contributed by atoms with Gasteiger partial charge in [-0.3, -0.25) is 9.59 Å². The highest BCUT2D eigenvalue weighted by Gasteiger charge is 2.36. The first-order valence-corrected chi connectivity index (χ1v) is 14.1. The molecule has 0 aromatic carbocycles. The van der Waals surface area contributed by atoms with Crippen LogP contribution in [-0.4, -0.2) is 45.0 Å². The lowest BCUT2D eigenvalue weighted by Gasteiger charge is -2.29. The van der Waals surface area contributed by atoms with Crippen LogP contribution in [0.15, 0.2) is 24.0 Å². The van der Waals surface area contributed by atoms with Crippen molar-refractivity contribution in [1.82, 2.24) is 0 Å². The number of ether oxygens (including phenoxy) is 4. The summed E-state index contributed by atoms with van der Waals surface area (Å²) in [7, 11) is 3.12. The van der Waals surface area contributed by atoms with E-state index in [2.05, 4.69) is 39.0 Å². The number of allylic oxidation sites excluding steroid dienone is 2. The van der Waals surface area contributed by atoms with Crippen LogP contribution < -0.4 is 0 Å². The topological polar surface area (TPSA) is 71.1 Å². The van der Waals surface area contributed by atoms with E-state index in [1.165, 1.54) is 26.4 Å². The third kappa shape index (κ3) is 10.4. The van der Waals surface area contributed by atoms with Crippen molar-refractivity contribution in [2.75, 3.05) is 20.8 Å². The van der Waals surface area contributed by atoms with Crippen LogP contribution in [0.5, 0.6) is 0 Å². The molecule has 0 N–H and O–H groups in total. The quantitative estimate of drug-likeness (QED) is 0.129. The average molecular weight is 507 g/mol. The molecule has 1 aliphatic carbocycles. The number of carbonyl (C=O) groups is 2. The van der Waals surface area contributed by atoms with Gasteiger partial charge in [0, 0.05) is 25.9 Å². The monoisotopic (exact) mass is 506 g/mol. The lowest BCUT2D eigenvalue weighted by atomic mass is 9.83. The predicted octanol–water partition coefficient (Wildman–Crippen LogP) is 6.92. The van der Waals surface area contributed by atoms with Crippen LogP contribution in [0, 0.1) is 17.3 Å². The van der Waals surface area contributed by atoms with Crippen LogP contribution in [0.25, 0.3) is 0 Å². The molecule has 0 bridgehead atoms. The van der Waals surface area contributed by atoms with Crippen molar-refractivity contribution in [3.63, 3.8) is 0 Å².